The summed E-state index contributed by atoms with van der Waals surface area (Å²) in [5.74, 6) is 1.48. The molecule has 0 bridgehead atoms. The molecule has 1 N–H and O–H groups in total. The predicted molar refractivity (Wildman–Crippen MR) is 76.9 cm³/mol. The fraction of sp³-hybridized carbons (Fsp3) is 0.364. The lowest BCUT2D eigenvalue weighted by atomic mass is 10.2. The third-order valence-corrected chi connectivity index (χ3v) is 4.42. The molecule has 20 heavy (non-hydrogen) atoms. The van der Waals surface area contributed by atoms with Crippen molar-refractivity contribution in [3.8, 4) is 0 Å². The lowest BCUT2D eigenvalue weighted by molar-refractivity contribution is -0.117. The van der Waals surface area contributed by atoms with E-state index in [1.807, 2.05) is 0 Å². The molecule has 3 heterocycles. The molecule has 0 spiro atoms. The highest BCUT2D eigenvalue weighted by atomic mass is 32.2. The van der Waals surface area contributed by atoms with E-state index in [1.165, 1.54) is 21.5 Å². The number of hydrogen-bond acceptors (Lipinski definition) is 7. The van der Waals surface area contributed by atoms with Crippen molar-refractivity contribution in [3.05, 3.63) is 33.2 Å². The van der Waals surface area contributed by atoms with E-state index in [4.69, 9.17) is 0 Å². The average molecular weight is 309 g/mol. The number of anilines is 1. The van der Waals surface area contributed by atoms with Crippen molar-refractivity contribution in [2.45, 2.75) is 18.7 Å². The molecular weight excluding hydrogens is 298 g/mol. The van der Waals surface area contributed by atoms with Crippen LogP contribution in [0.25, 0.3) is 0 Å². The normalized spacial score (nSPS) is 13.8. The van der Waals surface area contributed by atoms with Gasteiger partial charge in [-0.05, 0) is 11.3 Å². The summed E-state index contributed by atoms with van der Waals surface area (Å²) in [6, 6.07) is 1.58. The molecule has 0 radical (unpaired) electrons. The third-order valence-electron chi connectivity index (χ3n) is 2.80. The summed E-state index contributed by atoms with van der Waals surface area (Å²) in [7, 11) is 0. The van der Waals surface area contributed by atoms with E-state index < -0.39 is 0 Å². The quantitative estimate of drug-likeness (QED) is 0.889. The number of carbonyl (C=O) groups is 1. The minimum absolute atomic E-state index is 0.112. The van der Waals surface area contributed by atoms with E-state index in [0.717, 1.165) is 29.2 Å². The molecule has 2 aromatic heterocycles. The van der Waals surface area contributed by atoms with Crippen LogP contribution < -0.4 is 10.9 Å². The number of fused-ring (bicyclic) bond motifs is 1. The van der Waals surface area contributed by atoms with Gasteiger partial charge in [-0.1, -0.05) is 11.3 Å². The molecule has 0 aromatic carbocycles. The van der Waals surface area contributed by atoms with Gasteiger partial charge in [0.1, 0.15) is 12.1 Å². The van der Waals surface area contributed by atoms with E-state index in [9.17, 15) is 9.59 Å². The molecule has 0 atom stereocenters. The molecular formula is C11H11N5O2S2. The first-order valence-electron chi connectivity index (χ1n) is 5.96. The van der Waals surface area contributed by atoms with Crippen LogP contribution in [0.2, 0.25) is 0 Å². The summed E-state index contributed by atoms with van der Waals surface area (Å²) in [5.41, 5.74) is 3.16. The minimum atomic E-state index is -0.332. The highest BCUT2D eigenvalue weighted by Gasteiger charge is 2.15. The topological polar surface area (TPSA) is 89.8 Å². The Labute approximate surface area is 122 Å². The molecule has 1 amide bonds. The summed E-state index contributed by atoms with van der Waals surface area (Å²) < 4.78 is 1.20. The van der Waals surface area contributed by atoms with Crippen molar-refractivity contribution >= 4 is 34.1 Å². The Morgan fingerprint density at radius 2 is 2.40 bits per heavy atom. The first-order valence-corrected chi connectivity index (χ1v) is 7.99. The summed E-state index contributed by atoms with van der Waals surface area (Å²) in [5, 5.41) is 14.6. The van der Waals surface area contributed by atoms with Crippen LogP contribution in [0, 0.1) is 0 Å². The van der Waals surface area contributed by atoms with Gasteiger partial charge < -0.3 is 0 Å². The molecule has 3 rings (SSSR count). The first kappa shape index (κ1) is 13.3. The minimum Gasteiger partial charge on any atom is -0.299 e. The predicted octanol–water partition coefficient (Wildman–Crippen LogP) is 0.523. The van der Waals surface area contributed by atoms with Gasteiger partial charge in [-0.2, -0.15) is 16.9 Å². The number of nitrogens with one attached hydrogen (secondary N) is 1. The Hall–Kier alpha value is -1.74. The number of nitrogens with zero attached hydrogens (tertiary/aromatic N) is 4. The molecule has 104 valence electrons. The van der Waals surface area contributed by atoms with Gasteiger partial charge in [-0.3, -0.25) is 14.9 Å². The summed E-state index contributed by atoms with van der Waals surface area (Å²) >= 11 is 3.01. The lowest BCUT2D eigenvalue weighted by Crippen LogP contribution is -2.31. The Kier molecular flexibility index (Phi) is 3.79. The fourth-order valence-corrected chi connectivity index (χ4v) is 3.30. The van der Waals surface area contributed by atoms with Crippen LogP contribution in [0.5, 0.6) is 0 Å². The number of rotatable bonds is 3. The lowest BCUT2D eigenvalue weighted by Gasteiger charge is -2.15. The van der Waals surface area contributed by atoms with Crippen LogP contribution in [0.3, 0.4) is 0 Å². The van der Waals surface area contributed by atoms with E-state index >= 15 is 0 Å². The summed E-state index contributed by atoms with van der Waals surface area (Å²) in [4.78, 5) is 23.7. The molecule has 1 aliphatic rings. The maximum Gasteiger partial charge on any atom is 0.267 e. The highest BCUT2D eigenvalue weighted by Crippen LogP contribution is 2.21. The molecule has 9 heteroatoms. The molecule has 1 aliphatic heterocycles. The Balaban J connectivity index is 1.77. The number of aryl methyl sites for hydroxylation is 1. The summed E-state index contributed by atoms with van der Waals surface area (Å²) in [6.07, 6.45) is 0.832. The van der Waals surface area contributed by atoms with Crippen LogP contribution in [-0.4, -0.2) is 31.6 Å². The molecule has 0 saturated carbocycles. The number of aromatic nitrogens is 4. The smallest absolute Gasteiger partial charge is 0.267 e. The highest BCUT2D eigenvalue weighted by molar-refractivity contribution is 7.98. The van der Waals surface area contributed by atoms with E-state index in [2.05, 4.69) is 20.6 Å². The van der Waals surface area contributed by atoms with Gasteiger partial charge in [0.2, 0.25) is 11.0 Å². The van der Waals surface area contributed by atoms with Crippen LogP contribution in [0.15, 0.2) is 16.4 Å². The second kappa shape index (κ2) is 5.71. The van der Waals surface area contributed by atoms with Crippen LogP contribution >= 0.6 is 23.1 Å². The van der Waals surface area contributed by atoms with Crippen molar-refractivity contribution in [1.29, 1.82) is 0 Å². The van der Waals surface area contributed by atoms with Crippen LogP contribution in [0.4, 0.5) is 5.13 Å². The van der Waals surface area contributed by atoms with Gasteiger partial charge >= 0.3 is 0 Å². The van der Waals surface area contributed by atoms with Gasteiger partial charge in [-0.25, -0.2) is 4.68 Å². The monoisotopic (exact) mass is 309 g/mol. The van der Waals surface area contributed by atoms with Crippen LogP contribution in [-0.2, 0) is 23.5 Å². The molecule has 0 unspecified atom stereocenters. The fourth-order valence-electron chi connectivity index (χ4n) is 1.89. The van der Waals surface area contributed by atoms with Crippen molar-refractivity contribution in [3.63, 3.8) is 0 Å². The zero-order chi connectivity index (χ0) is 13.9. The molecule has 7 nitrogen and oxygen atoms in total. The van der Waals surface area contributed by atoms with E-state index in [-0.39, 0.29) is 18.0 Å². The Morgan fingerprint density at radius 1 is 1.50 bits per heavy atom. The van der Waals surface area contributed by atoms with Crippen molar-refractivity contribution in [1.82, 2.24) is 20.0 Å². The van der Waals surface area contributed by atoms with E-state index in [0.29, 0.717) is 5.13 Å². The first-order chi connectivity index (χ1) is 9.72. The average Bonchev–Trinajstić information content (AvgIpc) is 2.92. The number of carbonyl (C=O) groups excluding carboxylic acids is 1. The zero-order valence-electron chi connectivity index (χ0n) is 10.4. The number of thioether (sulfide) groups is 1. The molecule has 0 aliphatic carbocycles. The zero-order valence-corrected chi connectivity index (χ0v) is 12.0. The summed E-state index contributed by atoms with van der Waals surface area (Å²) in [6.45, 7) is -0.112. The maximum absolute atomic E-state index is 11.9. The van der Waals surface area contributed by atoms with Gasteiger partial charge in [0.25, 0.3) is 5.56 Å². The largest absolute Gasteiger partial charge is 0.299 e. The van der Waals surface area contributed by atoms with Gasteiger partial charge in [0.05, 0.1) is 5.69 Å². The molecule has 0 saturated heterocycles. The standard InChI is InChI=1S/C11H11N5O2S2/c17-9(13-11-14-12-6-20-11)4-16-10(18)3-7-5-19-2-1-8(7)15-16/h3,6H,1-2,4-5H2,(H,13,14,17). The SMILES string of the molecule is O=C(Cn1nc2c(cc1=O)CSCC2)Nc1nncs1. The Morgan fingerprint density at radius 3 is 3.20 bits per heavy atom. The third kappa shape index (κ3) is 2.88. The van der Waals surface area contributed by atoms with Gasteiger partial charge in [0.15, 0.2) is 0 Å². The van der Waals surface area contributed by atoms with Gasteiger partial charge in [-0.15, -0.1) is 10.2 Å². The van der Waals surface area contributed by atoms with Crippen molar-refractivity contribution < 1.29 is 4.79 Å². The van der Waals surface area contributed by atoms with Crippen LogP contribution in [0.1, 0.15) is 11.3 Å². The second-order valence-electron chi connectivity index (χ2n) is 4.21. The maximum atomic E-state index is 11.9. The number of hydrogen-bond donors (Lipinski definition) is 1. The second-order valence-corrected chi connectivity index (χ2v) is 6.15. The molecule has 0 fully saturated rings. The van der Waals surface area contributed by atoms with Crippen molar-refractivity contribution in [2.75, 3.05) is 11.1 Å². The Bertz CT molecular complexity index is 683. The van der Waals surface area contributed by atoms with Crippen molar-refractivity contribution in [2.24, 2.45) is 0 Å². The van der Waals surface area contributed by atoms with E-state index in [1.54, 1.807) is 17.8 Å². The molecule has 2 aromatic rings. The number of amides is 1. The van der Waals surface area contributed by atoms with Gasteiger partial charge in [0, 0.05) is 18.2 Å².